The number of anilines is 3. The first-order chi connectivity index (χ1) is 53.3. The van der Waals surface area contributed by atoms with Crippen LogP contribution in [0.2, 0.25) is 0 Å². The fourth-order valence-corrected chi connectivity index (χ4v) is 16.5. The van der Waals surface area contributed by atoms with E-state index in [0.29, 0.717) is 53.6 Å². The number of carbonyl (C=O) groups is 3. The molecular formula is C82H77N25O3. The lowest BCUT2D eigenvalue weighted by Gasteiger charge is -2.53. The van der Waals surface area contributed by atoms with Crippen LogP contribution in [0, 0.1) is 88.8 Å². The molecule has 0 spiro atoms. The van der Waals surface area contributed by atoms with Gasteiger partial charge >= 0.3 is 0 Å². The van der Waals surface area contributed by atoms with Crippen molar-refractivity contribution in [1.82, 2.24) is 94.0 Å². The number of amides is 3. The molecule has 6 N–H and O–H groups in total. The highest BCUT2D eigenvalue weighted by Crippen LogP contribution is 2.49. The number of pyridine rings is 6. The van der Waals surface area contributed by atoms with Crippen molar-refractivity contribution in [2.75, 3.05) is 29.0 Å². The molecule has 4 saturated carbocycles. The number of terminal acetylenes is 3. The lowest BCUT2D eigenvalue weighted by Crippen LogP contribution is -2.61. The summed E-state index contributed by atoms with van der Waals surface area (Å²) in [5, 5.41) is 75.0. The third-order valence-corrected chi connectivity index (χ3v) is 22.1. The van der Waals surface area contributed by atoms with Crippen LogP contribution in [0.4, 0.5) is 17.5 Å². The van der Waals surface area contributed by atoms with Crippen molar-refractivity contribution < 1.29 is 14.4 Å². The highest BCUT2D eigenvalue weighted by molar-refractivity contribution is 5.95. The zero-order chi connectivity index (χ0) is 76.5. The minimum atomic E-state index is -0.401. The summed E-state index contributed by atoms with van der Waals surface area (Å²) in [5.74, 6) is 9.12. The fraction of sp³-hybridized carbons (Fsp3) is 0.305. The molecule has 3 saturated heterocycles. The SMILES string of the molecule is C#CC(=O)N1CC2CCC1CC2Nc1ccc(-c2cc(-c3cnn(C)c3)cn3ncc(C#N)c23)cn1.C#CC(=O)NC1(C)CC2CCC1CC2Nc1ccc(-c2cc(-c3cnn(C)c3)cn3ncc(C#N)c23)cn1.C#CC(=O)NC1(C)CCC(Nc2ccc(-c3cc(-c4cnn(C)c4)cn4ncc(C#N)c34)cn2)NC1. The van der Waals surface area contributed by atoms with Crippen LogP contribution in [0.15, 0.2) is 148 Å². The van der Waals surface area contributed by atoms with E-state index >= 15 is 0 Å². The molecule has 28 heteroatoms. The van der Waals surface area contributed by atoms with E-state index in [1.807, 2.05) is 131 Å². The Labute approximate surface area is 633 Å². The summed E-state index contributed by atoms with van der Waals surface area (Å²) >= 11 is 0. The Balaban J connectivity index is 0.000000131. The molecule has 4 aliphatic carbocycles. The highest BCUT2D eigenvalue weighted by Gasteiger charge is 2.49. The second-order valence-corrected chi connectivity index (χ2v) is 29.4. The Kier molecular flexibility index (Phi) is 19.4. The van der Waals surface area contributed by atoms with Crippen molar-refractivity contribution >= 4 is 51.7 Å². The van der Waals surface area contributed by atoms with Gasteiger partial charge in [0.2, 0.25) is 0 Å². The molecule has 7 fully saturated rings. The largest absolute Gasteiger partial charge is 0.367 e. The number of nitrogens with zero attached hydrogens (tertiary/aromatic N) is 19. The van der Waals surface area contributed by atoms with Crippen LogP contribution < -0.4 is 31.9 Å². The van der Waals surface area contributed by atoms with Gasteiger partial charge in [-0.1, -0.05) is 0 Å². The molecule has 9 atom stereocenters. The number of nitrogens with one attached hydrogen (secondary N) is 6. The number of hydrogen-bond donors (Lipinski definition) is 6. The minimum Gasteiger partial charge on any atom is -0.367 e. The molecule has 3 aliphatic heterocycles. The number of rotatable bonds is 14. The summed E-state index contributed by atoms with van der Waals surface area (Å²) in [6.07, 6.45) is 51.6. The zero-order valence-electron chi connectivity index (χ0n) is 61.1. The maximum atomic E-state index is 12.1. The number of nitriles is 3. The van der Waals surface area contributed by atoms with Crippen molar-refractivity contribution in [3.05, 3.63) is 164 Å². The van der Waals surface area contributed by atoms with Gasteiger partial charge in [0, 0.05) is 180 Å². The molecule has 0 aromatic carbocycles. The van der Waals surface area contributed by atoms with Crippen LogP contribution in [0.5, 0.6) is 0 Å². The van der Waals surface area contributed by atoms with Crippen LogP contribution in [0.25, 0.3) is 83.3 Å². The van der Waals surface area contributed by atoms with E-state index in [0.717, 1.165) is 159 Å². The number of hydrogen-bond acceptors (Lipinski definition) is 19. The summed E-state index contributed by atoms with van der Waals surface area (Å²) < 4.78 is 10.5. The second kappa shape index (κ2) is 29.8. The summed E-state index contributed by atoms with van der Waals surface area (Å²) in [6.45, 7) is 5.38. The van der Waals surface area contributed by atoms with E-state index < -0.39 is 5.91 Å². The molecule has 4 bridgehead atoms. The molecule has 12 aromatic heterocycles. The van der Waals surface area contributed by atoms with Crippen molar-refractivity contribution in [2.45, 2.75) is 107 Å². The molecule has 9 unspecified atom stereocenters. The van der Waals surface area contributed by atoms with Gasteiger partial charge in [0.1, 0.15) is 35.7 Å². The first kappa shape index (κ1) is 71.7. The molecule has 110 heavy (non-hydrogen) atoms. The van der Waals surface area contributed by atoms with E-state index in [2.05, 4.69) is 123 Å². The highest BCUT2D eigenvalue weighted by atomic mass is 16.2. The van der Waals surface area contributed by atoms with Gasteiger partial charge in [0.25, 0.3) is 17.7 Å². The summed E-state index contributed by atoms with van der Waals surface area (Å²) in [7, 11) is 5.63. The van der Waals surface area contributed by atoms with Gasteiger partial charge in [0.05, 0.1) is 82.1 Å². The van der Waals surface area contributed by atoms with E-state index in [1.165, 1.54) is 0 Å². The van der Waals surface area contributed by atoms with Gasteiger partial charge in [-0.05, 0) is 162 Å². The number of fused-ring (bicyclic) bond motifs is 9. The summed E-state index contributed by atoms with van der Waals surface area (Å²) in [6, 6.07) is 25.5. The Morgan fingerprint density at radius 1 is 0.491 bits per heavy atom. The topological polar surface area (TPSA) is 342 Å². The molecule has 15 heterocycles. The van der Waals surface area contributed by atoms with Crippen molar-refractivity contribution in [2.24, 2.45) is 38.9 Å². The summed E-state index contributed by atoms with van der Waals surface area (Å²) in [5.41, 5.74) is 14.1. The summed E-state index contributed by atoms with van der Waals surface area (Å²) in [4.78, 5) is 51.5. The molecule has 7 aliphatic rings. The lowest BCUT2D eigenvalue weighted by atomic mass is 9.59. The molecule has 28 nitrogen and oxygen atoms in total. The van der Waals surface area contributed by atoms with Gasteiger partial charge in [-0.2, -0.15) is 46.4 Å². The predicted octanol–water partition coefficient (Wildman–Crippen LogP) is 9.17. The zero-order valence-corrected chi connectivity index (χ0v) is 61.1. The molecule has 548 valence electrons. The van der Waals surface area contributed by atoms with Crippen LogP contribution >= 0.6 is 0 Å². The molecule has 3 amide bonds. The van der Waals surface area contributed by atoms with Gasteiger partial charge in [-0.15, -0.1) is 19.3 Å². The Morgan fingerprint density at radius 2 is 0.936 bits per heavy atom. The minimum absolute atomic E-state index is 0.0137. The Bertz CT molecular complexity index is 5810. The fourth-order valence-electron chi connectivity index (χ4n) is 16.5. The van der Waals surface area contributed by atoms with E-state index in [-0.39, 0.29) is 41.1 Å². The second-order valence-electron chi connectivity index (χ2n) is 29.4. The third kappa shape index (κ3) is 14.5. The standard InChI is InChI=1S/C29H28N8O.C27H24N8O.C26H25N9O/c1-4-27(38)35-29(2)11-18-5-7-23(29)10-25(18)34-26-8-6-19(13-31-26)24-9-20(22-15-32-36(3)16-22)17-37-28(24)21(12-30)14-33-37;1-3-26(36)34-15-18-4-6-22(34)9-24(18)32-25-7-5-17(11-29-25)23-8-19(21-13-30-33(2)14-21)16-35-27(23)20(10-28)12-31-35;1-4-24(36)33-26(2)8-7-23(29-16-26)32-22-6-5-17(11-28-22)21-9-18(20-13-30-34(3)14-20)15-35-25(21)19(10-27)12-31-35/h1,6,8-9,13-18,23,25H,5,7,10-11H2,2-3H3,(H,31,34)(H,35,38);1,5,7-8,11-14,16,18,22,24H,4,6,9,15H2,2H3,(H,29,32);1,5-6,9,11-15,23,29H,7-8,16H2,2-3H3,(H,28,32)(H,33,36). The quantitative estimate of drug-likeness (QED) is 0.0552. The average Bonchev–Trinajstić information content (AvgIpc) is 1.00. The monoisotopic (exact) mass is 1460 g/mol. The smallest absolute Gasteiger partial charge is 0.298 e. The number of piperidine rings is 3. The van der Waals surface area contributed by atoms with Crippen molar-refractivity contribution in [3.63, 3.8) is 0 Å². The first-order valence-corrected chi connectivity index (χ1v) is 36.3. The van der Waals surface area contributed by atoms with Crippen molar-refractivity contribution in [3.8, 4) is 122 Å². The molecule has 12 aromatic rings. The molecule has 19 rings (SSSR count). The predicted molar refractivity (Wildman–Crippen MR) is 413 cm³/mol. The van der Waals surface area contributed by atoms with E-state index in [1.54, 1.807) is 64.8 Å². The Morgan fingerprint density at radius 3 is 1.30 bits per heavy atom. The lowest BCUT2D eigenvalue weighted by molar-refractivity contribution is -0.132. The number of carbonyl (C=O) groups excluding carboxylic acids is 3. The average molecular weight is 1460 g/mol. The van der Waals surface area contributed by atoms with E-state index in [4.69, 9.17) is 29.2 Å². The normalized spacial score (nSPS) is 21.4. The maximum absolute atomic E-state index is 12.1. The first-order valence-electron chi connectivity index (χ1n) is 36.3. The van der Waals surface area contributed by atoms with E-state index in [9.17, 15) is 30.2 Å². The molecular weight excluding hydrogens is 1380 g/mol. The van der Waals surface area contributed by atoms with Gasteiger partial charge in [0.15, 0.2) is 0 Å². The van der Waals surface area contributed by atoms with Gasteiger partial charge in [-0.3, -0.25) is 33.7 Å². The van der Waals surface area contributed by atoms with Crippen LogP contribution in [-0.4, -0.2) is 144 Å². The number of aromatic nitrogens is 15. The van der Waals surface area contributed by atoms with Crippen LogP contribution in [0.3, 0.4) is 0 Å². The van der Waals surface area contributed by atoms with Crippen LogP contribution in [0.1, 0.15) is 88.3 Å². The number of aryl methyl sites for hydroxylation is 3. The van der Waals surface area contributed by atoms with Crippen molar-refractivity contribution in [1.29, 1.82) is 15.8 Å². The Hall–Kier alpha value is -13.9. The third-order valence-electron chi connectivity index (χ3n) is 22.1. The maximum Gasteiger partial charge on any atom is 0.298 e. The van der Waals surface area contributed by atoms with Gasteiger partial charge < -0.3 is 31.5 Å². The molecule has 0 radical (unpaired) electrons. The van der Waals surface area contributed by atoms with Gasteiger partial charge in [-0.25, -0.2) is 28.5 Å². The van der Waals surface area contributed by atoms with Crippen LogP contribution in [-0.2, 0) is 35.5 Å².